The van der Waals surface area contributed by atoms with Crippen LogP contribution in [-0.4, -0.2) is 6.54 Å². The lowest BCUT2D eigenvalue weighted by Crippen LogP contribution is -2.19. The molecule has 0 fully saturated rings. The zero-order valence-corrected chi connectivity index (χ0v) is 11.2. The zero-order chi connectivity index (χ0) is 12.6. The molecule has 0 aromatic heterocycles. The first-order valence-corrected chi connectivity index (χ1v) is 6.12. The zero-order valence-electron chi connectivity index (χ0n) is 10.5. The van der Waals surface area contributed by atoms with Crippen LogP contribution in [-0.2, 0) is 6.54 Å². The van der Waals surface area contributed by atoms with Gasteiger partial charge in [-0.15, -0.1) is 0 Å². The Labute approximate surface area is 103 Å². The topological polar surface area (TPSA) is 12.0 Å². The van der Waals surface area contributed by atoms with E-state index in [-0.39, 0.29) is 5.82 Å². The van der Waals surface area contributed by atoms with Gasteiger partial charge in [0.05, 0.1) is 0 Å². The molecule has 0 aliphatic rings. The smallest absolute Gasteiger partial charge is 0.129 e. The Balaban J connectivity index is 0.00000106. The van der Waals surface area contributed by atoms with Crippen LogP contribution in [0.25, 0.3) is 0 Å². The number of halogens is 2. The number of rotatable bonds is 4. The maximum absolute atomic E-state index is 13.3. The minimum atomic E-state index is -0.242. The maximum atomic E-state index is 13.3. The largest absolute Gasteiger partial charge is 0.312 e. The molecule has 1 N–H and O–H groups in total. The Hall–Kier alpha value is -0.600. The van der Waals surface area contributed by atoms with E-state index < -0.39 is 0 Å². The highest BCUT2D eigenvalue weighted by atomic mass is 35.5. The minimum absolute atomic E-state index is 0.242. The predicted octanol–water partition coefficient (Wildman–Crippen LogP) is 4.25. The monoisotopic (exact) mass is 245 g/mol. The molecule has 1 nitrogen and oxygen atoms in total. The van der Waals surface area contributed by atoms with Crippen molar-refractivity contribution in [3.63, 3.8) is 0 Å². The van der Waals surface area contributed by atoms with Crippen molar-refractivity contribution < 1.29 is 4.39 Å². The van der Waals surface area contributed by atoms with Crippen LogP contribution in [0.1, 0.15) is 33.3 Å². The molecule has 0 saturated heterocycles. The van der Waals surface area contributed by atoms with Gasteiger partial charge < -0.3 is 5.32 Å². The summed E-state index contributed by atoms with van der Waals surface area (Å²) in [6, 6.07) is 4.75. The van der Waals surface area contributed by atoms with Crippen molar-refractivity contribution in [2.75, 3.05) is 6.54 Å². The van der Waals surface area contributed by atoms with E-state index in [1.165, 1.54) is 6.07 Å². The second-order valence-electron chi connectivity index (χ2n) is 3.72. The third kappa shape index (κ3) is 5.47. The fraction of sp³-hybridized carbons (Fsp3) is 0.538. The van der Waals surface area contributed by atoms with Gasteiger partial charge in [0.1, 0.15) is 5.82 Å². The molecule has 0 aliphatic heterocycles. The molecule has 0 heterocycles. The average molecular weight is 246 g/mol. The summed E-state index contributed by atoms with van der Waals surface area (Å²) in [5.41, 5.74) is 0.551. The molecule has 1 rings (SSSR count). The van der Waals surface area contributed by atoms with Crippen LogP contribution < -0.4 is 5.32 Å². The third-order valence-electron chi connectivity index (χ3n) is 1.92. The fourth-order valence-electron chi connectivity index (χ4n) is 1.19. The molecule has 3 heteroatoms. The highest BCUT2D eigenvalue weighted by molar-refractivity contribution is 6.31. The van der Waals surface area contributed by atoms with Crippen molar-refractivity contribution in [3.8, 4) is 0 Å². The van der Waals surface area contributed by atoms with E-state index in [1.807, 2.05) is 13.8 Å². The van der Waals surface area contributed by atoms with Gasteiger partial charge in [-0.25, -0.2) is 4.39 Å². The first kappa shape index (κ1) is 15.4. The van der Waals surface area contributed by atoms with Crippen molar-refractivity contribution >= 4 is 11.6 Å². The molecular weight excluding hydrogens is 225 g/mol. The van der Waals surface area contributed by atoms with Gasteiger partial charge >= 0.3 is 0 Å². The van der Waals surface area contributed by atoms with Gasteiger partial charge in [-0.2, -0.15) is 0 Å². The average Bonchev–Trinajstić information content (AvgIpc) is 2.25. The Morgan fingerprint density at radius 2 is 1.94 bits per heavy atom. The van der Waals surface area contributed by atoms with Crippen molar-refractivity contribution in [1.82, 2.24) is 5.32 Å². The molecule has 0 atom stereocenters. The van der Waals surface area contributed by atoms with E-state index in [2.05, 4.69) is 19.2 Å². The summed E-state index contributed by atoms with van der Waals surface area (Å²) in [6.07, 6.45) is 0. The lowest BCUT2D eigenvalue weighted by molar-refractivity contribution is 0.535. The first-order chi connectivity index (χ1) is 7.61. The summed E-state index contributed by atoms with van der Waals surface area (Å²) in [6.45, 7) is 9.57. The van der Waals surface area contributed by atoms with Crippen molar-refractivity contribution in [3.05, 3.63) is 34.6 Å². The highest BCUT2D eigenvalue weighted by Gasteiger charge is 2.05. The van der Waals surface area contributed by atoms with E-state index in [4.69, 9.17) is 11.6 Å². The molecule has 16 heavy (non-hydrogen) atoms. The predicted molar refractivity (Wildman–Crippen MR) is 69.3 cm³/mol. The van der Waals surface area contributed by atoms with Gasteiger partial charge in [-0.05, 0) is 24.6 Å². The maximum Gasteiger partial charge on any atom is 0.129 e. The van der Waals surface area contributed by atoms with E-state index in [1.54, 1.807) is 12.1 Å². The van der Waals surface area contributed by atoms with Gasteiger partial charge in [0.15, 0.2) is 0 Å². The van der Waals surface area contributed by atoms with Crippen molar-refractivity contribution in [1.29, 1.82) is 0 Å². The summed E-state index contributed by atoms with van der Waals surface area (Å²) in [4.78, 5) is 0. The molecule has 0 saturated carbocycles. The van der Waals surface area contributed by atoms with E-state index in [0.29, 0.717) is 23.0 Å². The van der Waals surface area contributed by atoms with Gasteiger partial charge in [0.25, 0.3) is 0 Å². The normalized spacial score (nSPS) is 9.94. The van der Waals surface area contributed by atoms with E-state index in [9.17, 15) is 4.39 Å². The Bertz CT molecular complexity index is 280. The number of hydrogen-bond donors (Lipinski definition) is 1. The van der Waals surface area contributed by atoms with E-state index in [0.717, 1.165) is 6.54 Å². The van der Waals surface area contributed by atoms with Crippen LogP contribution in [0.15, 0.2) is 18.2 Å². The molecule has 0 radical (unpaired) electrons. The SMILES string of the molecule is CC.CC(C)CNCc1c(F)cccc1Cl. The molecule has 92 valence electrons. The third-order valence-corrected chi connectivity index (χ3v) is 2.27. The molecule has 0 spiro atoms. The molecule has 0 unspecified atom stereocenters. The highest BCUT2D eigenvalue weighted by Crippen LogP contribution is 2.18. The van der Waals surface area contributed by atoms with E-state index >= 15 is 0 Å². The Kier molecular flexibility index (Phi) is 8.22. The summed E-state index contributed by atoms with van der Waals surface area (Å²) in [5, 5.41) is 3.65. The van der Waals surface area contributed by atoms with Crippen LogP contribution in [0.5, 0.6) is 0 Å². The molecule has 0 amide bonds. The second kappa shape index (κ2) is 8.54. The Morgan fingerprint density at radius 3 is 2.44 bits per heavy atom. The van der Waals surface area contributed by atoms with Crippen LogP contribution in [0.2, 0.25) is 5.02 Å². The molecule has 1 aromatic carbocycles. The molecular formula is C13H21ClFN. The number of hydrogen-bond acceptors (Lipinski definition) is 1. The molecule has 0 aliphatic carbocycles. The summed E-state index contributed by atoms with van der Waals surface area (Å²) < 4.78 is 13.3. The second-order valence-corrected chi connectivity index (χ2v) is 4.13. The standard InChI is InChI=1S/C11H15ClFN.C2H6/c1-8(2)6-14-7-9-10(12)4-3-5-11(9)13;1-2/h3-5,8,14H,6-7H2,1-2H3;1-2H3. The lowest BCUT2D eigenvalue weighted by Gasteiger charge is -2.09. The van der Waals surface area contributed by atoms with Gasteiger partial charge in [-0.3, -0.25) is 0 Å². The van der Waals surface area contributed by atoms with Crippen LogP contribution in [0, 0.1) is 11.7 Å². The van der Waals surface area contributed by atoms with Crippen LogP contribution in [0.4, 0.5) is 4.39 Å². The van der Waals surface area contributed by atoms with Gasteiger partial charge in [-0.1, -0.05) is 45.4 Å². The summed E-state index contributed by atoms with van der Waals surface area (Å²) in [7, 11) is 0. The van der Waals surface area contributed by atoms with Gasteiger partial charge in [0.2, 0.25) is 0 Å². The lowest BCUT2D eigenvalue weighted by atomic mass is 10.2. The molecule has 0 bridgehead atoms. The first-order valence-electron chi connectivity index (χ1n) is 5.75. The van der Waals surface area contributed by atoms with Crippen LogP contribution in [0.3, 0.4) is 0 Å². The fourth-order valence-corrected chi connectivity index (χ4v) is 1.42. The molecule has 1 aromatic rings. The number of nitrogens with one attached hydrogen (secondary N) is 1. The summed E-state index contributed by atoms with van der Waals surface area (Å²) in [5.74, 6) is 0.314. The summed E-state index contributed by atoms with van der Waals surface area (Å²) >= 11 is 5.86. The van der Waals surface area contributed by atoms with Crippen LogP contribution >= 0.6 is 11.6 Å². The number of benzene rings is 1. The van der Waals surface area contributed by atoms with Crippen molar-refractivity contribution in [2.24, 2.45) is 5.92 Å². The minimum Gasteiger partial charge on any atom is -0.312 e. The Morgan fingerprint density at radius 1 is 1.31 bits per heavy atom. The van der Waals surface area contributed by atoms with Crippen molar-refractivity contribution in [2.45, 2.75) is 34.2 Å². The van der Waals surface area contributed by atoms with Gasteiger partial charge in [0, 0.05) is 17.1 Å². The quantitative estimate of drug-likeness (QED) is 0.836.